The second-order valence-corrected chi connectivity index (χ2v) is 8.05. The molecule has 1 aliphatic carbocycles. The Kier molecular flexibility index (Phi) is 4.42. The van der Waals surface area contributed by atoms with E-state index in [1.165, 1.54) is 12.3 Å². The predicted octanol–water partition coefficient (Wildman–Crippen LogP) is 4.76. The molecule has 3 aromatic rings. The predicted molar refractivity (Wildman–Crippen MR) is 101 cm³/mol. The van der Waals surface area contributed by atoms with Crippen LogP contribution < -0.4 is 4.74 Å². The number of pyridine rings is 2. The molecule has 0 spiro atoms. The first-order chi connectivity index (χ1) is 12.9. The number of hydrogen-bond acceptors (Lipinski definition) is 4. The number of aromatic amines is 1. The number of hydrogen-bond donors (Lipinski definition) is 1. The molecule has 0 unspecified atom stereocenters. The minimum Gasteiger partial charge on any atom is -0.487 e. The van der Waals surface area contributed by atoms with Gasteiger partial charge in [0, 0.05) is 28.9 Å². The Morgan fingerprint density at radius 3 is 2.56 bits per heavy atom. The van der Waals surface area contributed by atoms with Crippen molar-refractivity contribution in [1.29, 1.82) is 0 Å². The molecule has 3 aromatic heterocycles. The molecule has 0 saturated heterocycles. The highest BCUT2D eigenvalue weighted by molar-refractivity contribution is 5.58. The summed E-state index contributed by atoms with van der Waals surface area (Å²) in [5, 5.41) is 7.52. The largest absolute Gasteiger partial charge is 0.487 e. The molecule has 4 rings (SSSR count). The normalized spacial score (nSPS) is 14.4. The van der Waals surface area contributed by atoms with Crippen LogP contribution in [0.1, 0.15) is 56.5 Å². The van der Waals surface area contributed by atoms with Crippen LogP contribution in [0.5, 0.6) is 5.75 Å². The highest BCUT2D eigenvalue weighted by atomic mass is 19.1. The van der Waals surface area contributed by atoms with Crippen LogP contribution in [0.2, 0.25) is 0 Å². The third-order valence-corrected chi connectivity index (χ3v) is 4.72. The average Bonchev–Trinajstić information content (AvgIpc) is 3.35. The smallest absolute Gasteiger partial charge is 0.141 e. The molecule has 1 aliphatic rings. The van der Waals surface area contributed by atoms with E-state index < -0.39 is 0 Å². The number of nitrogens with zero attached hydrogens (tertiary/aromatic N) is 3. The molecule has 6 heteroatoms. The van der Waals surface area contributed by atoms with Gasteiger partial charge in [-0.15, -0.1) is 0 Å². The number of aromatic nitrogens is 4. The number of ether oxygens (including phenoxy) is 1. The van der Waals surface area contributed by atoms with Crippen LogP contribution in [0.15, 0.2) is 36.7 Å². The van der Waals surface area contributed by atoms with E-state index in [4.69, 9.17) is 4.74 Å². The van der Waals surface area contributed by atoms with Crippen molar-refractivity contribution < 1.29 is 9.13 Å². The fraction of sp³-hybridized carbons (Fsp3) is 0.381. The Bertz CT molecular complexity index is 940. The van der Waals surface area contributed by atoms with Crippen LogP contribution in [-0.2, 0) is 12.0 Å². The van der Waals surface area contributed by atoms with Gasteiger partial charge in [0.2, 0.25) is 0 Å². The molecule has 0 amide bonds. The molecule has 0 bridgehead atoms. The first-order valence-electron chi connectivity index (χ1n) is 9.19. The summed E-state index contributed by atoms with van der Waals surface area (Å²) in [6, 6.07) is 7.00. The van der Waals surface area contributed by atoms with Gasteiger partial charge >= 0.3 is 0 Å². The fourth-order valence-corrected chi connectivity index (χ4v) is 2.89. The Morgan fingerprint density at radius 1 is 1.11 bits per heavy atom. The highest BCUT2D eigenvalue weighted by Crippen LogP contribution is 2.44. The summed E-state index contributed by atoms with van der Waals surface area (Å²) in [5.74, 6) is 0.956. The molecule has 140 valence electrons. The van der Waals surface area contributed by atoms with Gasteiger partial charge < -0.3 is 4.74 Å². The zero-order valence-corrected chi connectivity index (χ0v) is 15.8. The summed E-state index contributed by atoms with van der Waals surface area (Å²) in [4.78, 5) is 8.67. The lowest BCUT2D eigenvalue weighted by molar-refractivity contribution is 0.297. The van der Waals surface area contributed by atoms with Crippen LogP contribution in [0, 0.1) is 5.82 Å². The molecule has 27 heavy (non-hydrogen) atoms. The number of halogens is 1. The molecule has 1 saturated carbocycles. The van der Waals surface area contributed by atoms with Gasteiger partial charge in [-0.25, -0.2) is 4.39 Å². The summed E-state index contributed by atoms with van der Waals surface area (Å²) >= 11 is 0. The summed E-state index contributed by atoms with van der Waals surface area (Å²) in [6.45, 7) is 6.70. The van der Waals surface area contributed by atoms with Crippen molar-refractivity contribution in [2.75, 3.05) is 0 Å². The average molecular weight is 366 g/mol. The lowest BCUT2D eigenvalue weighted by Crippen LogP contribution is -2.11. The van der Waals surface area contributed by atoms with E-state index in [2.05, 4.69) is 40.9 Å². The van der Waals surface area contributed by atoms with E-state index in [9.17, 15) is 4.39 Å². The van der Waals surface area contributed by atoms with Gasteiger partial charge in [0.15, 0.2) is 0 Å². The third kappa shape index (κ3) is 3.99. The minimum absolute atomic E-state index is 0.00716. The fourth-order valence-electron chi connectivity index (χ4n) is 2.89. The van der Waals surface area contributed by atoms with Crippen molar-refractivity contribution in [1.82, 2.24) is 20.2 Å². The number of nitrogens with one attached hydrogen (secondary N) is 1. The van der Waals surface area contributed by atoms with Gasteiger partial charge in [-0.2, -0.15) is 5.10 Å². The standard InChI is InChI=1S/C21H23FN4O/c1-21(2,3)20-9-18(25-26-20)17-8-19(16(11-24-17)13-4-5-13)27-12-15-7-6-14(22)10-23-15/h6-11,13H,4-5,12H2,1-3H3,(H,25,26). The summed E-state index contributed by atoms with van der Waals surface area (Å²) in [5.41, 5.74) is 4.43. The molecule has 0 atom stereocenters. The van der Waals surface area contributed by atoms with Gasteiger partial charge in [0.05, 0.1) is 17.6 Å². The zero-order chi connectivity index (χ0) is 19.0. The molecular weight excluding hydrogens is 343 g/mol. The van der Waals surface area contributed by atoms with E-state index in [0.717, 1.165) is 41.2 Å². The molecule has 0 aromatic carbocycles. The summed E-state index contributed by atoms with van der Waals surface area (Å²) in [7, 11) is 0. The molecular formula is C21H23FN4O. The third-order valence-electron chi connectivity index (χ3n) is 4.72. The molecule has 0 aliphatic heterocycles. The van der Waals surface area contributed by atoms with E-state index in [0.29, 0.717) is 11.6 Å². The molecule has 1 N–H and O–H groups in total. The monoisotopic (exact) mass is 366 g/mol. The zero-order valence-electron chi connectivity index (χ0n) is 15.8. The van der Waals surface area contributed by atoms with Crippen molar-refractivity contribution in [2.24, 2.45) is 0 Å². The van der Waals surface area contributed by atoms with Crippen molar-refractivity contribution in [3.8, 4) is 17.1 Å². The summed E-state index contributed by atoms with van der Waals surface area (Å²) in [6.07, 6.45) is 5.41. The van der Waals surface area contributed by atoms with E-state index in [1.54, 1.807) is 6.07 Å². The van der Waals surface area contributed by atoms with Gasteiger partial charge in [0.1, 0.15) is 23.9 Å². The number of H-pyrrole nitrogens is 1. The van der Waals surface area contributed by atoms with Crippen LogP contribution >= 0.6 is 0 Å². The maximum Gasteiger partial charge on any atom is 0.141 e. The maximum atomic E-state index is 13.0. The lowest BCUT2D eigenvalue weighted by atomic mass is 9.92. The highest BCUT2D eigenvalue weighted by Gasteiger charge is 2.28. The molecule has 0 radical (unpaired) electrons. The molecule has 1 fully saturated rings. The Labute approximate surface area is 158 Å². The number of rotatable bonds is 5. The van der Waals surface area contributed by atoms with Gasteiger partial charge in [-0.3, -0.25) is 15.1 Å². The van der Waals surface area contributed by atoms with Crippen molar-refractivity contribution in [2.45, 2.75) is 51.6 Å². The first kappa shape index (κ1) is 17.6. The van der Waals surface area contributed by atoms with E-state index >= 15 is 0 Å². The maximum absolute atomic E-state index is 13.0. The van der Waals surface area contributed by atoms with Crippen LogP contribution in [-0.4, -0.2) is 20.2 Å². The second kappa shape index (κ2) is 6.76. The summed E-state index contributed by atoms with van der Waals surface area (Å²) < 4.78 is 19.1. The Balaban J connectivity index is 1.60. The molecule has 5 nitrogen and oxygen atoms in total. The first-order valence-corrected chi connectivity index (χ1v) is 9.19. The van der Waals surface area contributed by atoms with Crippen molar-refractivity contribution in [3.05, 3.63) is 59.4 Å². The SMILES string of the molecule is CC(C)(C)c1cc(-c2cc(OCc3ccc(F)cn3)c(C3CC3)cn2)n[nH]1. The second-order valence-electron chi connectivity index (χ2n) is 8.05. The Morgan fingerprint density at radius 2 is 1.93 bits per heavy atom. The molecule has 3 heterocycles. The Hall–Kier alpha value is -2.76. The topological polar surface area (TPSA) is 63.7 Å². The van der Waals surface area contributed by atoms with Gasteiger partial charge in [-0.05, 0) is 37.0 Å². The van der Waals surface area contributed by atoms with Crippen LogP contribution in [0.3, 0.4) is 0 Å². The van der Waals surface area contributed by atoms with Crippen molar-refractivity contribution >= 4 is 0 Å². The van der Waals surface area contributed by atoms with Crippen molar-refractivity contribution in [3.63, 3.8) is 0 Å². The quantitative estimate of drug-likeness (QED) is 0.707. The lowest BCUT2D eigenvalue weighted by Gasteiger charge is -2.14. The van der Waals surface area contributed by atoms with E-state index in [1.807, 2.05) is 18.3 Å². The van der Waals surface area contributed by atoms with Crippen LogP contribution in [0.4, 0.5) is 4.39 Å². The van der Waals surface area contributed by atoms with E-state index in [-0.39, 0.29) is 17.8 Å². The van der Waals surface area contributed by atoms with Gasteiger partial charge in [-0.1, -0.05) is 20.8 Å². The van der Waals surface area contributed by atoms with Gasteiger partial charge in [0.25, 0.3) is 0 Å². The minimum atomic E-state index is -0.350. The van der Waals surface area contributed by atoms with Crippen LogP contribution in [0.25, 0.3) is 11.4 Å².